The Kier molecular flexibility index (Phi) is 5.50. The number of thiazole rings is 2. The van der Waals surface area contributed by atoms with Crippen LogP contribution in [0.2, 0.25) is 0 Å². The number of benzene rings is 1. The van der Waals surface area contributed by atoms with E-state index in [-0.39, 0.29) is 5.92 Å². The van der Waals surface area contributed by atoms with Crippen LogP contribution in [0.5, 0.6) is 0 Å². The van der Waals surface area contributed by atoms with Crippen molar-refractivity contribution >= 4 is 50.1 Å². The summed E-state index contributed by atoms with van der Waals surface area (Å²) in [6.07, 6.45) is 2.09. The third-order valence-electron chi connectivity index (χ3n) is 6.28. The maximum Gasteiger partial charge on any atom is 0.412 e. The molecule has 9 nitrogen and oxygen atoms in total. The van der Waals surface area contributed by atoms with Crippen LogP contribution in [0.4, 0.5) is 10.5 Å². The topological polar surface area (TPSA) is 127 Å². The number of hydrogen-bond acceptors (Lipinski definition) is 9. The average Bonchev–Trinajstić information content (AvgIpc) is 3.76. The zero-order chi connectivity index (χ0) is 24.9. The highest BCUT2D eigenvalue weighted by molar-refractivity contribution is 7.38. The highest BCUT2D eigenvalue weighted by atomic mass is 32.2. The maximum atomic E-state index is 12.7. The van der Waals surface area contributed by atoms with E-state index in [1.807, 2.05) is 30.3 Å². The molecule has 0 spiro atoms. The number of carbonyl (C=O) groups is 2. The third kappa shape index (κ3) is 4.23. The molecule has 2 aliphatic rings. The number of anilines is 1. The van der Waals surface area contributed by atoms with Gasteiger partial charge in [0.15, 0.2) is 22.1 Å². The van der Waals surface area contributed by atoms with E-state index in [2.05, 4.69) is 32.3 Å². The molecule has 1 amide bonds. The van der Waals surface area contributed by atoms with Crippen LogP contribution in [0.1, 0.15) is 71.7 Å². The van der Waals surface area contributed by atoms with Gasteiger partial charge in [0.1, 0.15) is 26.2 Å². The second-order valence-corrected chi connectivity index (χ2v) is 11.2. The van der Waals surface area contributed by atoms with Crippen molar-refractivity contribution in [2.24, 2.45) is 0 Å². The van der Waals surface area contributed by atoms with Crippen molar-refractivity contribution in [2.45, 2.75) is 50.0 Å². The Labute approximate surface area is 213 Å². The molecule has 36 heavy (non-hydrogen) atoms. The standard InChI is InChI=1S/C25H20N4O5S2/c1-13(14-5-3-2-4-6-14)33-24(32)27-18-16(29-34-19(18)15-7-8-15)9-10-17-26-20-21(35-17)36-22(28-20)25(11-12-25)23(30)31/h2-6,13,15H,7-8,11-12H2,1H3,(H,27,32)(H,30,31). The van der Waals surface area contributed by atoms with E-state index in [0.29, 0.717) is 45.6 Å². The van der Waals surface area contributed by atoms with E-state index >= 15 is 0 Å². The van der Waals surface area contributed by atoms with Gasteiger partial charge in [-0.15, -0.1) is 11.3 Å². The number of nitrogens with zero attached hydrogens (tertiary/aromatic N) is 3. The van der Waals surface area contributed by atoms with Crippen molar-refractivity contribution in [1.82, 2.24) is 15.1 Å². The van der Waals surface area contributed by atoms with Crippen molar-refractivity contribution in [3.05, 3.63) is 57.4 Å². The molecule has 2 saturated carbocycles. The number of carboxylic acid groups (broad SMARTS) is 1. The van der Waals surface area contributed by atoms with E-state index in [1.54, 1.807) is 6.92 Å². The van der Waals surface area contributed by atoms with Crippen molar-refractivity contribution in [1.29, 1.82) is 0 Å². The molecular weight excluding hydrogens is 500 g/mol. The predicted octanol–water partition coefficient (Wildman–Crippen LogP) is 5.44. The molecule has 1 unspecified atom stereocenters. The minimum atomic E-state index is -0.843. The lowest BCUT2D eigenvalue weighted by Gasteiger charge is -2.14. The molecule has 11 heteroatoms. The molecule has 0 bridgehead atoms. The van der Waals surface area contributed by atoms with Gasteiger partial charge in [-0.05, 0) is 50.0 Å². The van der Waals surface area contributed by atoms with Crippen LogP contribution in [0.3, 0.4) is 0 Å². The molecule has 0 saturated heterocycles. The molecule has 2 fully saturated rings. The van der Waals surface area contributed by atoms with Crippen LogP contribution in [0, 0.1) is 11.8 Å². The van der Waals surface area contributed by atoms with Crippen molar-refractivity contribution in [3.63, 3.8) is 0 Å². The molecule has 182 valence electrons. The van der Waals surface area contributed by atoms with Crippen LogP contribution in [-0.2, 0) is 14.9 Å². The van der Waals surface area contributed by atoms with Crippen LogP contribution < -0.4 is 5.32 Å². The summed E-state index contributed by atoms with van der Waals surface area (Å²) in [5.41, 5.74) is 1.27. The van der Waals surface area contributed by atoms with E-state index < -0.39 is 23.6 Å². The SMILES string of the molecule is CC(OC(=O)Nc1c(C#Cc2nc3nc(C4(C(=O)O)CC4)sc3s2)noc1C1CC1)c1ccccc1. The van der Waals surface area contributed by atoms with Crippen LogP contribution >= 0.6 is 22.7 Å². The summed E-state index contributed by atoms with van der Waals surface area (Å²) in [6, 6.07) is 9.48. The summed E-state index contributed by atoms with van der Waals surface area (Å²) in [7, 11) is 0. The quantitative estimate of drug-likeness (QED) is 0.322. The van der Waals surface area contributed by atoms with Gasteiger partial charge in [-0.25, -0.2) is 14.8 Å². The summed E-state index contributed by atoms with van der Waals surface area (Å²) < 4.78 is 11.9. The fourth-order valence-corrected chi connectivity index (χ4v) is 6.08. The van der Waals surface area contributed by atoms with Gasteiger partial charge in [-0.1, -0.05) is 46.8 Å². The highest BCUT2D eigenvalue weighted by Gasteiger charge is 2.54. The number of aromatic nitrogens is 3. The summed E-state index contributed by atoms with van der Waals surface area (Å²) in [5, 5.41) is 17.5. The third-order valence-corrected chi connectivity index (χ3v) is 8.58. The van der Waals surface area contributed by atoms with Gasteiger partial charge in [0.05, 0.1) is 0 Å². The average molecular weight is 521 g/mol. The number of ether oxygens (including phenoxy) is 1. The number of amides is 1. The maximum absolute atomic E-state index is 12.7. The van der Waals surface area contributed by atoms with Gasteiger partial charge in [0, 0.05) is 5.92 Å². The van der Waals surface area contributed by atoms with Crippen molar-refractivity contribution in [3.8, 4) is 11.8 Å². The zero-order valence-corrected chi connectivity index (χ0v) is 20.7. The van der Waals surface area contributed by atoms with Crippen LogP contribution in [0.15, 0.2) is 34.9 Å². The summed E-state index contributed by atoms with van der Waals surface area (Å²) in [5.74, 6) is 5.90. The predicted molar refractivity (Wildman–Crippen MR) is 133 cm³/mol. The number of hydrogen-bond donors (Lipinski definition) is 2. The number of carbonyl (C=O) groups excluding carboxylic acids is 1. The number of aliphatic carboxylic acids is 1. The minimum absolute atomic E-state index is 0.201. The van der Waals surface area contributed by atoms with Crippen molar-refractivity contribution in [2.75, 3.05) is 5.32 Å². The lowest BCUT2D eigenvalue weighted by molar-refractivity contribution is -0.140. The first-order chi connectivity index (χ1) is 17.4. The van der Waals surface area contributed by atoms with Crippen LogP contribution in [-0.4, -0.2) is 32.3 Å². The lowest BCUT2D eigenvalue weighted by atomic mass is 10.1. The van der Waals surface area contributed by atoms with Gasteiger partial charge in [0.2, 0.25) is 0 Å². The summed E-state index contributed by atoms with van der Waals surface area (Å²) in [4.78, 5) is 33.1. The number of nitrogens with one attached hydrogen (secondary N) is 1. The van der Waals surface area contributed by atoms with E-state index in [4.69, 9.17) is 9.26 Å². The highest BCUT2D eigenvalue weighted by Crippen LogP contribution is 2.51. The normalized spacial score (nSPS) is 16.7. The van der Waals surface area contributed by atoms with E-state index in [9.17, 15) is 14.7 Å². The molecule has 0 radical (unpaired) electrons. The Bertz CT molecular complexity index is 1510. The molecule has 2 N–H and O–H groups in total. The summed E-state index contributed by atoms with van der Waals surface area (Å²) >= 11 is 2.71. The molecule has 1 aromatic carbocycles. The molecule has 4 aromatic rings. The fraction of sp³-hybridized carbons (Fsp3) is 0.320. The molecule has 3 heterocycles. The van der Waals surface area contributed by atoms with Crippen molar-refractivity contribution < 1.29 is 24.0 Å². The zero-order valence-electron chi connectivity index (χ0n) is 19.1. The molecule has 1 atom stereocenters. The first kappa shape index (κ1) is 22.7. The van der Waals surface area contributed by atoms with Gasteiger partial charge >= 0.3 is 12.1 Å². The molecular formula is C25H20N4O5S2. The van der Waals surface area contributed by atoms with Gasteiger partial charge < -0.3 is 14.4 Å². The van der Waals surface area contributed by atoms with Gasteiger partial charge in [-0.2, -0.15) is 0 Å². The second-order valence-electron chi connectivity index (χ2n) is 8.91. The Hall–Kier alpha value is -3.75. The van der Waals surface area contributed by atoms with Gasteiger partial charge in [0.25, 0.3) is 0 Å². The first-order valence-electron chi connectivity index (χ1n) is 11.5. The first-order valence-corrected chi connectivity index (χ1v) is 13.1. The Morgan fingerprint density at radius 2 is 1.97 bits per heavy atom. The number of carboxylic acids is 1. The fourth-order valence-electron chi connectivity index (χ4n) is 3.87. The lowest BCUT2D eigenvalue weighted by Crippen LogP contribution is -2.18. The molecule has 6 rings (SSSR count). The molecule has 0 aliphatic heterocycles. The number of fused-ring (bicyclic) bond motifs is 1. The Balaban J connectivity index is 1.21. The van der Waals surface area contributed by atoms with E-state index in [1.165, 1.54) is 22.7 Å². The second kappa shape index (κ2) is 8.72. The van der Waals surface area contributed by atoms with Gasteiger partial charge in [-0.3, -0.25) is 10.1 Å². The molecule has 3 aromatic heterocycles. The Morgan fingerprint density at radius 3 is 2.64 bits per heavy atom. The van der Waals surface area contributed by atoms with Crippen LogP contribution in [0.25, 0.3) is 9.66 Å². The smallest absolute Gasteiger partial charge is 0.412 e. The number of rotatable bonds is 6. The monoisotopic (exact) mass is 520 g/mol. The largest absolute Gasteiger partial charge is 0.481 e. The Morgan fingerprint density at radius 1 is 1.19 bits per heavy atom. The van der Waals surface area contributed by atoms with E-state index in [0.717, 1.165) is 22.4 Å². The summed E-state index contributed by atoms with van der Waals surface area (Å²) in [6.45, 7) is 1.81. The molecule has 2 aliphatic carbocycles. The minimum Gasteiger partial charge on any atom is -0.481 e.